The average molecular weight is 274 g/mol. The van der Waals surface area contributed by atoms with Gasteiger partial charge >= 0.3 is 0 Å². The van der Waals surface area contributed by atoms with Gasteiger partial charge in [-0.25, -0.2) is 0 Å². The van der Waals surface area contributed by atoms with Gasteiger partial charge in [0.25, 0.3) is 5.91 Å². The van der Waals surface area contributed by atoms with E-state index < -0.39 is 0 Å². The highest BCUT2D eigenvalue weighted by Gasteiger charge is 2.37. The summed E-state index contributed by atoms with van der Waals surface area (Å²) in [4.78, 5) is 14.5. The molecule has 1 heterocycles. The average Bonchev–Trinajstić information content (AvgIpc) is 2.51. The number of carbonyl (C=O) groups is 1. The summed E-state index contributed by atoms with van der Waals surface area (Å²) in [5.41, 5.74) is 2.19. The lowest BCUT2D eigenvalue weighted by Crippen LogP contribution is -2.48. The van der Waals surface area contributed by atoms with E-state index >= 15 is 0 Å². The van der Waals surface area contributed by atoms with Gasteiger partial charge in [-0.3, -0.25) is 4.79 Å². The van der Waals surface area contributed by atoms with E-state index in [-0.39, 0.29) is 11.3 Å². The Kier molecular flexibility index (Phi) is 4.81. The van der Waals surface area contributed by atoms with Crippen LogP contribution in [0.15, 0.2) is 24.3 Å². The van der Waals surface area contributed by atoms with Gasteiger partial charge in [0.2, 0.25) is 0 Å². The Balaban J connectivity index is 2.27. The lowest BCUT2D eigenvalue weighted by Gasteiger charge is -2.39. The van der Waals surface area contributed by atoms with Crippen molar-refractivity contribution in [1.29, 1.82) is 0 Å². The monoisotopic (exact) mass is 274 g/mol. The van der Waals surface area contributed by atoms with E-state index in [4.69, 9.17) is 0 Å². The van der Waals surface area contributed by atoms with Crippen LogP contribution >= 0.6 is 0 Å². The van der Waals surface area contributed by atoms with E-state index in [0.717, 1.165) is 44.6 Å². The quantitative estimate of drug-likeness (QED) is 0.865. The van der Waals surface area contributed by atoms with Crippen LogP contribution in [0.3, 0.4) is 0 Å². The van der Waals surface area contributed by atoms with E-state index in [0.29, 0.717) is 0 Å². The summed E-state index contributed by atoms with van der Waals surface area (Å²) in [6.45, 7) is 10.7. The summed E-state index contributed by atoms with van der Waals surface area (Å²) in [5, 5.41) is 3.08. The molecule has 0 saturated heterocycles. The SMILES string of the molecule is CCN(CC)CCC1(CC)CNC(=O)c2ccccc21. The van der Waals surface area contributed by atoms with Gasteiger partial charge in [-0.05, 0) is 44.1 Å². The first-order valence-corrected chi connectivity index (χ1v) is 7.77. The van der Waals surface area contributed by atoms with Gasteiger partial charge in [0.05, 0.1) is 0 Å². The molecule has 0 radical (unpaired) electrons. The fraction of sp³-hybridized carbons (Fsp3) is 0.588. The minimum atomic E-state index is 0.0764. The molecular weight excluding hydrogens is 248 g/mol. The first kappa shape index (κ1) is 15.0. The molecule has 0 saturated carbocycles. The highest BCUT2D eigenvalue weighted by atomic mass is 16.1. The molecule has 0 aromatic heterocycles. The fourth-order valence-corrected chi connectivity index (χ4v) is 3.21. The van der Waals surface area contributed by atoms with E-state index in [1.54, 1.807) is 0 Å². The normalized spacial score (nSPS) is 21.7. The molecule has 1 unspecified atom stereocenters. The van der Waals surface area contributed by atoms with Crippen LogP contribution in [-0.4, -0.2) is 37.0 Å². The molecule has 1 aromatic rings. The standard InChI is InChI=1S/C17H26N2O/c1-4-17(11-12-19(5-2)6-3)13-18-16(20)14-9-7-8-10-15(14)17/h7-10H,4-6,11-13H2,1-3H3,(H,18,20). The first-order chi connectivity index (χ1) is 9.66. The number of amides is 1. The summed E-state index contributed by atoms with van der Waals surface area (Å²) in [6.07, 6.45) is 2.16. The third kappa shape index (κ3) is 2.73. The van der Waals surface area contributed by atoms with Crippen LogP contribution in [0.2, 0.25) is 0 Å². The number of hydrogen-bond acceptors (Lipinski definition) is 2. The van der Waals surface area contributed by atoms with Crippen LogP contribution in [0, 0.1) is 0 Å². The van der Waals surface area contributed by atoms with E-state index in [1.165, 1.54) is 5.56 Å². The largest absolute Gasteiger partial charge is 0.351 e. The van der Waals surface area contributed by atoms with Crippen LogP contribution in [0.4, 0.5) is 0 Å². The Morgan fingerprint density at radius 2 is 1.90 bits per heavy atom. The van der Waals surface area contributed by atoms with Crippen molar-refractivity contribution in [2.75, 3.05) is 26.2 Å². The molecule has 1 N–H and O–H groups in total. The summed E-state index contributed by atoms with van der Waals surface area (Å²) < 4.78 is 0. The number of fused-ring (bicyclic) bond motifs is 1. The Hall–Kier alpha value is -1.35. The van der Waals surface area contributed by atoms with Crippen molar-refractivity contribution in [2.45, 2.75) is 39.0 Å². The number of nitrogens with one attached hydrogen (secondary N) is 1. The summed E-state index contributed by atoms with van der Waals surface area (Å²) in [5.74, 6) is 0.0764. The maximum absolute atomic E-state index is 12.0. The van der Waals surface area contributed by atoms with Crippen LogP contribution in [-0.2, 0) is 5.41 Å². The summed E-state index contributed by atoms with van der Waals surface area (Å²) in [6, 6.07) is 8.10. The number of nitrogens with zero attached hydrogens (tertiary/aromatic N) is 1. The van der Waals surface area contributed by atoms with Crippen molar-refractivity contribution < 1.29 is 4.79 Å². The van der Waals surface area contributed by atoms with Gasteiger partial charge in [-0.15, -0.1) is 0 Å². The third-order valence-electron chi connectivity index (χ3n) is 4.81. The second-order valence-electron chi connectivity index (χ2n) is 5.64. The summed E-state index contributed by atoms with van der Waals surface area (Å²) in [7, 11) is 0. The van der Waals surface area contributed by atoms with Gasteiger partial charge in [0.1, 0.15) is 0 Å². The van der Waals surface area contributed by atoms with Crippen LogP contribution in [0.1, 0.15) is 49.5 Å². The van der Waals surface area contributed by atoms with Gasteiger partial charge in [-0.1, -0.05) is 39.0 Å². The predicted octanol–water partition coefficient (Wildman–Crippen LogP) is 2.81. The zero-order chi connectivity index (χ0) is 14.6. The Labute approximate surface area is 122 Å². The second-order valence-corrected chi connectivity index (χ2v) is 5.64. The molecule has 1 atom stereocenters. The molecule has 3 nitrogen and oxygen atoms in total. The summed E-state index contributed by atoms with van der Waals surface area (Å²) >= 11 is 0. The molecule has 1 aliphatic rings. The highest BCUT2D eigenvalue weighted by molar-refractivity contribution is 5.97. The zero-order valence-corrected chi connectivity index (χ0v) is 12.9. The topological polar surface area (TPSA) is 32.3 Å². The minimum absolute atomic E-state index is 0.0764. The molecule has 1 aliphatic heterocycles. The molecule has 1 amide bonds. The van der Waals surface area contributed by atoms with Crippen LogP contribution < -0.4 is 5.32 Å². The maximum Gasteiger partial charge on any atom is 0.251 e. The molecule has 1 aromatic carbocycles. The molecule has 0 spiro atoms. The van der Waals surface area contributed by atoms with Gasteiger partial charge in [0.15, 0.2) is 0 Å². The molecule has 0 bridgehead atoms. The number of rotatable bonds is 6. The van der Waals surface area contributed by atoms with Gasteiger partial charge < -0.3 is 10.2 Å². The minimum Gasteiger partial charge on any atom is -0.351 e. The number of carbonyl (C=O) groups excluding carboxylic acids is 1. The van der Waals surface area contributed by atoms with Crippen molar-refractivity contribution >= 4 is 5.91 Å². The molecule has 0 fully saturated rings. The second kappa shape index (κ2) is 6.40. The molecule has 20 heavy (non-hydrogen) atoms. The maximum atomic E-state index is 12.0. The third-order valence-corrected chi connectivity index (χ3v) is 4.81. The lowest BCUT2D eigenvalue weighted by molar-refractivity contribution is 0.0916. The van der Waals surface area contributed by atoms with Crippen molar-refractivity contribution in [2.24, 2.45) is 0 Å². The Morgan fingerprint density at radius 3 is 2.55 bits per heavy atom. The van der Waals surface area contributed by atoms with Crippen molar-refractivity contribution in [3.05, 3.63) is 35.4 Å². The zero-order valence-electron chi connectivity index (χ0n) is 12.9. The predicted molar refractivity (Wildman–Crippen MR) is 83.1 cm³/mol. The van der Waals surface area contributed by atoms with E-state index in [9.17, 15) is 4.79 Å². The van der Waals surface area contributed by atoms with Gasteiger partial charge in [-0.2, -0.15) is 0 Å². The molecular formula is C17H26N2O. The van der Waals surface area contributed by atoms with E-state index in [2.05, 4.69) is 43.1 Å². The van der Waals surface area contributed by atoms with Crippen molar-refractivity contribution in [1.82, 2.24) is 10.2 Å². The lowest BCUT2D eigenvalue weighted by atomic mass is 9.71. The molecule has 110 valence electrons. The smallest absolute Gasteiger partial charge is 0.251 e. The Morgan fingerprint density at radius 1 is 1.20 bits per heavy atom. The Bertz CT molecular complexity index is 468. The molecule has 3 heteroatoms. The first-order valence-electron chi connectivity index (χ1n) is 7.77. The van der Waals surface area contributed by atoms with Crippen molar-refractivity contribution in [3.8, 4) is 0 Å². The highest BCUT2D eigenvalue weighted by Crippen LogP contribution is 2.36. The van der Waals surface area contributed by atoms with Crippen LogP contribution in [0.5, 0.6) is 0 Å². The van der Waals surface area contributed by atoms with Crippen molar-refractivity contribution in [3.63, 3.8) is 0 Å². The molecule has 2 rings (SSSR count). The number of benzene rings is 1. The van der Waals surface area contributed by atoms with E-state index in [1.807, 2.05) is 12.1 Å². The fourth-order valence-electron chi connectivity index (χ4n) is 3.21. The number of hydrogen-bond donors (Lipinski definition) is 1. The van der Waals surface area contributed by atoms with Crippen LogP contribution in [0.25, 0.3) is 0 Å². The molecule has 0 aliphatic carbocycles. The van der Waals surface area contributed by atoms with Gasteiger partial charge in [0, 0.05) is 17.5 Å².